The van der Waals surface area contributed by atoms with E-state index in [0.29, 0.717) is 16.3 Å². The fraction of sp³-hybridized carbons (Fsp3) is 0.190. The Bertz CT molecular complexity index is 979. The van der Waals surface area contributed by atoms with Gasteiger partial charge in [-0.3, -0.25) is 14.4 Å². The Labute approximate surface area is 162 Å². The van der Waals surface area contributed by atoms with Crippen molar-refractivity contribution >= 4 is 40.6 Å². The van der Waals surface area contributed by atoms with E-state index in [1.165, 1.54) is 11.8 Å². The van der Waals surface area contributed by atoms with Crippen molar-refractivity contribution in [2.45, 2.75) is 32.1 Å². The van der Waals surface area contributed by atoms with E-state index in [-0.39, 0.29) is 5.78 Å². The van der Waals surface area contributed by atoms with Crippen molar-refractivity contribution in [3.8, 4) is 0 Å². The Morgan fingerprint density at radius 2 is 1.74 bits per heavy atom. The van der Waals surface area contributed by atoms with Gasteiger partial charge in [0.2, 0.25) is 5.78 Å². The zero-order chi connectivity index (χ0) is 19.6. The molecule has 1 heterocycles. The van der Waals surface area contributed by atoms with Gasteiger partial charge in [-0.05, 0) is 56.2 Å². The predicted octanol–water partition coefficient (Wildman–Crippen LogP) is 4.22. The molecule has 1 aliphatic rings. The summed E-state index contributed by atoms with van der Waals surface area (Å²) in [6.07, 6.45) is -0.458. The Morgan fingerprint density at radius 1 is 1.00 bits per heavy atom. The molecule has 0 aliphatic carbocycles. The van der Waals surface area contributed by atoms with Crippen molar-refractivity contribution in [1.29, 1.82) is 0 Å². The normalized spacial score (nSPS) is 12.9. The molecule has 1 aliphatic heterocycles. The quantitative estimate of drug-likeness (QED) is 0.600. The molecular formula is C21H20N2O3S. The lowest BCUT2D eigenvalue weighted by Gasteiger charge is -2.21. The van der Waals surface area contributed by atoms with Gasteiger partial charge in [-0.1, -0.05) is 30.0 Å². The summed E-state index contributed by atoms with van der Waals surface area (Å²) >= 11 is 1.32. The number of benzene rings is 2. The highest BCUT2D eigenvalue weighted by molar-refractivity contribution is 8.04. The van der Waals surface area contributed by atoms with Gasteiger partial charge in [0.25, 0.3) is 5.91 Å². The van der Waals surface area contributed by atoms with Crippen molar-refractivity contribution in [2.75, 3.05) is 10.6 Å². The summed E-state index contributed by atoms with van der Waals surface area (Å²) in [5.74, 6) is -1.89. The summed E-state index contributed by atoms with van der Waals surface area (Å²) in [4.78, 5) is 38.3. The van der Waals surface area contributed by atoms with E-state index in [4.69, 9.17) is 0 Å². The zero-order valence-electron chi connectivity index (χ0n) is 15.4. The fourth-order valence-electron chi connectivity index (χ4n) is 2.70. The lowest BCUT2D eigenvalue weighted by Crippen LogP contribution is -2.26. The molecule has 2 aromatic carbocycles. The van der Waals surface area contributed by atoms with Gasteiger partial charge in [0.15, 0.2) is 5.78 Å². The Morgan fingerprint density at radius 3 is 2.48 bits per heavy atom. The van der Waals surface area contributed by atoms with Gasteiger partial charge in [-0.25, -0.2) is 0 Å². The highest BCUT2D eigenvalue weighted by atomic mass is 32.2. The second-order valence-electron chi connectivity index (χ2n) is 6.45. The van der Waals surface area contributed by atoms with Crippen LogP contribution in [0, 0.1) is 13.8 Å². The van der Waals surface area contributed by atoms with Gasteiger partial charge < -0.3 is 10.6 Å². The van der Waals surface area contributed by atoms with E-state index < -0.39 is 18.1 Å². The molecule has 138 valence electrons. The van der Waals surface area contributed by atoms with Crippen LogP contribution in [0.25, 0.3) is 0 Å². The molecule has 5 nitrogen and oxygen atoms in total. The van der Waals surface area contributed by atoms with Gasteiger partial charge in [0, 0.05) is 16.3 Å². The number of Topliss-reactive ketones (excluding diaryl/α,β-unsaturated/α-hetero) is 2. The summed E-state index contributed by atoms with van der Waals surface area (Å²) in [6, 6.07) is 13.0. The SMILES string of the molecule is CC1=C(C(=O)CC(=O)C(=O)Nc2ccc(C)c(C)c2)Sc2ccccc2N1. The summed E-state index contributed by atoms with van der Waals surface area (Å²) in [5.41, 5.74) is 4.27. The van der Waals surface area contributed by atoms with E-state index in [2.05, 4.69) is 10.6 Å². The Kier molecular flexibility index (Phi) is 5.46. The van der Waals surface area contributed by atoms with E-state index in [9.17, 15) is 14.4 Å². The predicted molar refractivity (Wildman–Crippen MR) is 108 cm³/mol. The first-order valence-corrected chi connectivity index (χ1v) is 9.36. The number of hydrogen-bond acceptors (Lipinski definition) is 5. The number of rotatable bonds is 5. The maximum absolute atomic E-state index is 12.6. The largest absolute Gasteiger partial charge is 0.357 e. The number of ketones is 2. The minimum atomic E-state index is -0.779. The number of allylic oxidation sites excluding steroid dienone is 2. The fourth-order valence-corrected chi connectivity index (χ4v) is 3.68. The van der Waals surface area contributed by atoms with Crippen LogP contribution in [0.5, 0.6) is 0 Å². The summed E-state index contributed by atoms with van der Waals surface area (Å²) in [6.45, 7) is 5.68. The van der Waals surface area contributed by atoms with Crippen LogP contribution in [0.2, 0.25) is 0 Å². The van der Waals surface area contributed by atoms with Crippen molar-refractivity contribution < 1.29 is 14.4 Å². The maximum atomic E-state index is 12.6. The highest BCUT2D eigenvalue weighted by Crippen LogP contribution is 2.40. The molecule has 0 radical (unpaired) electrons. The number of nitrogens with one attached hydrogen (secondary N) is 2. The average molecular weight is 380 g/mol. The molecule has 0 atom stereocenters. The number of carbonyl (C=O) groups excluding carboxylic acids is 3. The van der Waals surface area contributed by atoms with Gasteiger partial charge in [-0.15, -0.1) is 0 Å². The van der Waals surface area contributed by atoms with E-state index in [1.54, 1.807) is 19.1 Å². The Balaban J connectivity index is 1.66. The molecule has 0 fully saturated rings. The lowest BCUT2D eigenvalue weighted by molar-refractivity contribution is -0.136. The molecule has 3 rings (SSSR count). The van der Waals surface area contributed by atoms with Gasteiger partial charge in [-0.2, -0.15) is 0 Å². The molecule has 2 N–H and O–H groups in total. The van der Waals surface area contributed by atoms with E-state index in [0.717, 1.165) is 21.7 Å². The topological polar surface area (TPSA) is 75.3 Å². The summed E-state index contributed by atoms with van der Waals surface area (Å²) in [7, 11) is 0. The van der Waals surface area contributed by atoms with Gasteiger partial charge in [0.05, 0.1) is 17.0 Å². The minimum Gasteiger partial charge on any atom is -0.357 e. The standard InChI is InChI=1S/C21H20N2O3S/c1-12-8-9-15(10-13(12)2)23-21(26)18(25)11-17(24)20-14(3)22-16-6-4-5-7-19(16)27-20/h4-10,22H,11H2,1-3H3,(H,23,26). The van der Waals surface area contributed by atoms with Gasteiger partial charge in [0.1, 0.15) is 0 Å². The van der Waals surface area contributed by atoms with Crippen LogP contribution in [0.1, 0.15) is 24.5 Å². The smallest absolute Gasteiger partial charge is 0.292 e. The zero-order valence-corrected chi connectivity index (χ0v) is 16.2. The third kappa shape index (κ3) is 4.28. The van der Waals surface area contributed by atoms with E-state index >= 15 is 0 Å². The molecule has 1 amide bonds. The number of anilines is 2. The summed E-state index contributed by atoms with van der Waals surface area (Å²) in [5, 5.41) is 5.74. The van der Waals surface area contributed by atoms with Crippen molar-refractivity contribution in [1.82, 2.24) is 0 Å². The lowest BCUT2D eigenvalue weighted by atomic mass is 10.1. The number of para-hydroxylation sites is 1. The monoisotopic (exact) mass is 380 g/mol. The van der Waals surface area contributed by atoms with Crippen molar-refractivity contribution in [3.05, 3.63) is 64.2 Å². The van der Waals surface area contributed by atoms with Crippen LogP contribution < -0.4 is 10.6 Å². The number of hydrogen-bond donors (Lipinski definition) is 2. The van der Waals surface area contributed by atoms with Crippen LogP contribution >= 0.6 is 11.8 Å². The molecule has 0 spiro atoms. The molecule has 27 heavy (non-hydrogen) atoms. The number of fused-ring (bicyclic) bond motifs is 1. The average Bonchev–Trinajstić information content (AvgIpc) is 2.64. The molecule has 0 saturated heterocycles. The van der Waals surface area contributed by atoms with E-state index in [1.807, 2.05) is 44.2 Å². The number of thioether (sulfide) groups is 1. The van der Waals surface area contributed by atoms with Crippen LogP contribution in [-0.2, 0) is 14.4 Å². The van der Waals surface area contributed by atoms with Crippen LogP contribution in [-0.4, -0.2) is 17.5 Å². The first-order chi connectivity index (χ1) is 12.8. The maximum Gasteiger partial charge on any atom is 0.292 e. The van der Waals surface area contributed by atoms with Crippen LogP contribution in [0.15, 0.2) is 58.0 Å². The molecule has 0 unspecified atom stereocenters. The summed E-state index contributed by atoms with van der Waals surface area (Å²) < 4.78 is 0. The first kappa shape index (κ1) is 18.9. The molecule has 6 heteroatoms. The highest BCUT2D eigenvalue weighted by Gasteiger charge is 2.25. The van der Waals surface area contributed by atoms with Crippen LogP contribution in [0.4, 0.5) is 11.4 Å². The van der Waals surface area contributed by atoms with Crippen molar-refractivity contribution in [2.24, 2.45) is 0 Å². The first-order valence-electron chi connectivity index (χ1n) is 8.54. The molecule has 0 saturated carbocycles. The number of carbonyl (C=O) groups is 3. The second-order valence-corrected chi connectivity index (χ2v) is 7.51. The third-order valence-corrected chi connectivity index (χ3v) is 5.67. The second kappa shape index (κ2) is 7.80. The molecule has 0 aromatic heterocycles. The van der Waals surface area contributed by atoms with Crippen molar-refractivity contribution in [3.63, 3.8) is 0 Å². The molecule has 2 aromatic rings. The minimum absolute atomic E-state index is 0.361. The molecular weight excluding hydrogens is 360 g/mol. The van der Waals surface area contributed by atoms with Gasteiger partial charge >= 0.3 is 0 Å². The number of amides is 1. The molecule has 0 bridgehead atoms. The number of aryl methyl sites for hydroxylation is 2. The third-order valence-electron chi connectivity index (χ3n) is 4.35. The Hall–Kier alpha value is -2.86. The van der Waals surface area contributed by atoms with Crippen LogP contribution in [0.3, 0.4) is 0 Å².